The molecular formula is C12H12N4O2. The lowest BCUT2D eigenvalue weighted by molar-refractivity contribution is 0.297. The number of rotatable bonds is 3. The minimum Gasteiger partial charge on any atom is -0.508 e. The summed E-state index contributed by atoms with van der Waals surface area (Å²) in [4.78, 5) is 0. The fourth-order valence-electron chi connectivity index (χ4n) is 1.98. The molecule has 1 aromatic carbocycles. The van der Waals surface area contributed by atoms with E-state index in [0.29, 0.717) is 12.2 Å². The molecule has 0 aliphatic carbocycles. The van der Waals surface area contributed by atoms with Crippen LogP contribution in [0.4, 0.5) is 5.82 Å². The molecule has 1 aliphatic heterocycles. The summed E-state index contributed by atoms with van der Waals surface area (Å²) >= 11 is 0. The van der Waals surface area contributed by atoms with Gasteiger partial charge in [0.05, 0.1) is 5.69 Å². The molecule has 3 rings (SSSR count). The van der Waals surface area contributed by atoms with Crippen molar-refractivity contribution in [1.82, 2.24) is 9.78 Å². The van der Waals surface area contributed by atoms with Gasteiger partial charge in [0.25, 0.3) is 0 Å². The summed E-state index contributed by atoms with van der Waals surface area (Å²) in [6.07, 6.45) is 0.169. The van der Waals surface area contributed by atoms with Gasteiger partial charge in [0.15, 0.2) is 12.0 Å². The van der Waals surface area contributed by atoms with E-state index in [1.54, 1.807) is 22.9 Å². The molecule has 0 fully saturated rings. The Morgan fingerprint density at radius 1 is 1.28 bits per heavy atom. The van der Waals surface area contributed by atoms with Gasteiger partial charge in [-0.15, -0.1) is 5.11 Å². The number of nitrogens with zero attached hydrogens (tertiary/aromatic N) is 4. The predicted molar refractivity (Wildman–Crippen MR) is 63.8 cm³/mol. The second-order valence-electron chi connectivity index (χ2n) is 4.10. The van der Waals surface area contributed by atoms with E-state index in [0.717, 1.165) is 11.3 Å². The van der Waals surface area contributed by atoms with Crippen molar-refractivity contribution in [2.24, 2.45) is 10.2 Å². The highest BCUT2D eigenvalue weighted by atomic mass is 16.3. The van der Waals surface area contributed by atoms with Gasteiger partial charge >= 0.3 is 0 Å². The van der Waals surface area contributed by atoms with Crippen molar-refractivity contribution >= 4 is 5.82 Å². The molecule has 1 unspecified atom stereocenters. The van der Waals surface area contributed by atoms with Gasteiger partial charge in [-0.2, -0.15) is 10.2 Å². The highest BCUT2D eigenvalue weighted by Crippen LogP contribution is 2.33. The minimum absolute atomic E-state index is 0.0599. The summed E-state index contributed by atoms with van der Waals surface area (Å²) in [6.45, 7) is 0.0599. The molecule has 0 saturated carbocycles. The topological polar surface area (TPSA) is 83.0 Å². The molecule has 2 aromatic rings. The molecule has 18 heavy (non-hydrogen) atoms. The third-order valence-electron chi connectivity index (χ3n) is 2.80. The quantitative estimate of drug-likeness (QED) is 0.863. The van der Waals surface area contributed by atoms with Crippen LogP contribution in [0.2, 0.25) is 0 Å². The van der Waals surface area contributed by atoms with Crippen LogP contribution in [0.3, 0.4) is 0 Å². The van der Waals surface area contributed by atoms with E-state index in [9.17, 15) is 5.11 Å². The van der Waals surface area contributed by atoms with Gasteiger partial charge in [-0.05, 0) is 12.1 Å². The van der Waals surface area contributed by atoms with Crippen LogP contribution in [0.15, 0.2) is 40.6 Å². The molecule has 2 N–H and O–H groups in total. The van der Waals surface area contributed by atoms with E-state index >= 15 is 0 Å². The van der Waals surface area contributed by atoms with Crippen molar-refractivity contribution in [3.05, 3.63) is 41.6 Å². The van der Waals surface area contributed by atoms with E-state index in [-0.39, 0.29) is 18.5 Å². The summed E-state index contributed by atoms with van der Waals surface area (Å²) in [5.74, 6) is 0.866. The Morgan fingerprint density at radius 2 is 2.17 bits per heavy atom. The van der Waals surface area contributed by atoms with Crippen LogP contribution in [0, 0.1) is 0 Å². The number of phenols is 1. The summed E-state index contributed by atoms with van der Waals surface area (Å²) in [5.41, 5.74) is 1.62. The normalized spacial score (nSPS) is 17.1. The van der Waals surface area contributed by atoms with Crippen LogP contribution >= 0.6 is 0 Å². The largest absolute Gasteiger partial charge is 0.508 e. The van der Waals surface area contributed by atoms with Gasteiger partial charge in [0.2, 0.25) is 0 Å². The summed E-state index contributed by atoms with van der Waals surface area (Å²) in [7, 11) is 0. The molecule has 6 heteroatoms. The first-order valence-electron chi connectivity index (χ1n) is 5.67. The van der Waals surface area contributed by atoms with E-state index in [1.807, 2.05) is 12.1 Å². The molecule has 1 aromatic heterocycles. The fraction of sp³-hybridized carbons (Fsp3) is 0.250. The number of aliphatic hydroxyl groups is 1. The molecule has 6 nitrogen and oxygen atoms in total. The van der Waals surface area contributed by atoms with Crippen LogP contribution in [0.25, 0.3) is 0 Å². The molecule has 0 amide bonds. The predicted octanol–water partition coefficient (Wildman–Crippen LogP) is 1.77. The Balaban J connectivity index is 1.97. The number of fused-ring (bicyclic) bond motifs is 1. The van der Waals surface area contributed by atoms with Crippen LogP contribution in [0.5, 0.6) is 5.75 Å². The molecular weight excluding hydrogens is 232 g/mol. The van der Waals surface area contributed by atoms with Crippen molar-refractivity contribution in [1.29, 1.82) is 0 Å². The van der Waals surface area contributed by atoms with Gasteiger partial charge in [0, 0.05) is 24.7 Å². The lowest BCUT2D eigenvalue weighted by Gasteiger charge is -2.08. The first kappa shape index (κ1) is 10.9. The van der Waals surface area contributed by atoms with Crippen molar-refractivity contribution in [2.45, 2.75) is 12.6 Å². The fourth-order valence-corrected chi connectivity index (χ4v) is 1.98. The molecule has 0 saturated heterocycles. The van der Waals surface area contributed by atoms with Gasteiger partial charge in [-0.3, -0.25) is 0 Å². The summed E-state index contributed by atoms with van der Waals surface area (Å²) in [6, 6.07) is 8.69. The van der Waals surface area contributed by atoms with E-state index < -0.39 is 0 Å². The van der Waals surface area contributed by atoms with Crippen molar-refractivity contribution in [2.75, 3.05) is 6.61 Å². The number of phenolic OH excluding ortho intramolecular Hbond substituents is 1. The highest BCUT2D eigenvalue weighted by molar-refractivity contribution is 5.37. The third-order valence-corrected chi connectivity index (χ3v) is 2.80. The summed E-state index contributed by atoms with van der Waals surface area (Å²) in [5, 5.41) is 30.9. The van der Waals surface area contributed by atoms with Crippen LogP contribution < -0.4 is 0 Å². The van der Waals surface area contributed by atoms with Crippen LogP contribution in [0.1, 0.15) is 17.4 Å². The molecule has 0 spiro atoms. The first-order valence-corrected chi connectivity index (χ1v) is 5.67. The average Bonchev–Trinajstić information content (AvgIpc) is 2.88. The first-order chi connectivity index (χ1) is 8.78. The molecule has 1 aliphatic rings. The van der Waals surface area contributed by atoms with Gasteiger partial charge in [-0.1, -0.05) is 12.1 Å². The number of aromatic hydroxyl groups is 1. The lowest BCUT2D eigenvalue weighted by Crippen LogP contribution is -2.06. The maximum atomic E-state index is 9.48. The number of hydrogen-bond donors (Lipinski definition) is 2. The Hall–Kier alpha value is -2.21. The van der Waals surface area contributed by atoms with Crippen molar-refractivity contribution < 1.29 is 10.2 Å². The molecule has 0 radical (unpaired) electrons. The minimum atomic E-state index is -0.334. The van der Waals surface area contributed by atoms with Gasteiger partial charge < -0.3 is 10.2 Å². The average molecular weight is 244 g/mol. The van der Waals surface area contributed by atoms with Gasteiger partial charge in [0.1, 0.15) is 5.75 Å². The van der Waals surface area contributed by atoms with Gasteiger partial charge in [-0.25, -0.2) is 4.68 Å². The zero-order chi connectivity index (χ0) is 12.5. The van der Waals surface area contributed by atoms with Crippen molar-refractivity contribution in [3.8, 4) is 5.75 Å². The second kappa shape index (κ2) is 4.23. The van der Waals surface area contributed by atoms with E-state index in [1.165, 1.54) is 0 Å². The maximum absolute atomic E-state index is 9.48. The van der Waals surface area contributed by atoms with Crippen LogP contribution in [-0.4, -0.2) is 26.6 Å². The van der Waals surface area contributed by atoms with E-state index in [4.69, 9.17) is 5.11 Å². The second-order valence-corrected chi connectivity index (χ2v) is 4.10. The monoisotopic (exact) mass is 244 g/mol. The number of azo groups is 1. The highest BCUT2D eigenvalue weighted by Gasteiger charge is 2.23. The number of aromatic nitrogens is 2. The zero-order valence-electron chi connectivity index (χ0n) is 9.56. The number of benzene rings is 1. The number of aliphatic hydroxyl groups excluding tert-OH is 1. The molecule has 2 heterocycles. The van der Waals surface area contributed by atoms with Crippen LogP contribution in [-0.2, 0) is 6.42 Å². The van der Waals surface area contributed by atoms with Crippen molar-refractivity contribution in [3.63, 3.8) is 0 Å². The molecule has 92 valence electrons. The SMILES string of the molecule is OCCc1cc2n(n1)C(c1cccc(O)c1)N=N2. The molecule has 1 atom stereocenters. The smallest absolute Gasteiger partial charge is 0.190 e. The summed E-state index contributed by atoms with van der Waals surface area (Å²) < 4.78 is 1.69. The Bertz CT molecular complexity index is 606. The Kier molecular flexibility index (Phi) is 2.56. The lowest BCUT2D eigenvalue weighted by atomic mass is 10.2. The third kappa shape index (κ3) is 1.76. The Morgan fingerprint density at radius 3 is 2.94 bits per heavy atom. The van der Waals surface area contributed by atoms with E-state index in [2.05, 4.69) is 15.3 Å². The standard InChI is InChI=1S/C12H12N4O2/c17-5-4-9-7-11-13-14-12(16(11)15-9)8-2-1-3-10(18)6-8/h1-3,6-7,12,17-18H,4-5H2. The zero-order valence-corrected chi connectivity index (χ0v) is 9.56. The molecule has 0 bridgehead atoms. The number of hydrogen-bond acceptors (Lipinski definition) is 5. The Labute approximate surface area is 103 Å². The maximum Gasteiger partial charge on any atom is 0.190 e.